The summed E-state index contributed by atoms with van der Waals surface area (Å²) in [5, 5.41) is 2.50. The minimum atomic E-state index is -0.934. The lowest BCUT2D eigenvalue weighted by molar-refractivity contribution is -0.162. The summed E-state index contributed by atoms with van der Waals surface area (Å²) in [6.45, 7) is 11.2. The maximum Gasteiger partial charge on any atom is 0.407 e. The van der Waals surface area contributed by atoms with E-state index in [1.54, 1.807) is 27.7 Å². The number of amides is 1. The Morgan fingerprint density at radius 1 is 0.958 bits per heavy atom. The molecule has 1 N–H and O–H groups in total. The summed E-state index contributed by atoms with van der Waals surface area (Å²) in [4.78, 5) is 35.4. The maximum absolute atomic E-state index is 12.2. The van der Waals surface area contributed by atoms with E-state index in [2.05, 4.69) is 5.32 Å². The standard InChI is InChI=1S/C17H31NO6/c1-7-10-22-13(19)12-17(6,8-2)14(20)23-11-9-18-15(21)24-16(3,4)5/h7-12H2,1-6H3,(H,18,21). The lowest BCUT2D eigenvalue weighted by atomic mass is 9.84. The molecule has 0 saturated carbocycles. The highest BCUT2D eigenvalue weighted by Crippen LogP contribution is 2.28. The van der Waals surface area contributed by atoms with Crippen LogP contribution in [0.1, 0.15) is 60.8 Å². The fourth-order valence-corrected chi connectivity index (χ4v) is 1.71. The quantitative estimate of drug-likeness (QED) is 0.392. The second kappa shape index (κ2) is 10.2. The molecule has 1 amide bonds. The maximum atomic E-state index is 12.2. The summed E-state index contributed by atoms with van der Waals surface area (Å²) < 4.78 is 15.3. The third-order valence-electron chi connectivity index (χ3n) is 3.28. The molecule has 0 aromatic carbocycles. The van der Waals surface area contributed by atoms with E-state index >= 15 is 0 Å². The molecule has 0 aliphatic carbocycles. The van der Waals surface area contributed by atoms with Crippen LogP contribution in [0.2, 0.25) is 0 Å². The van der Waals surface area contributed by atoms with Crippen molar-refractivity contribution in [1.82, 2.24) is 5.32 Å². The van der Waals surface area contributed by atoms with Gasteiger partial charge < -0.3 is 19.5 Å². The molecule has 0 rings (SSSR count). The number of carbonyl (C=O) groups is 3. The summed E-state index contributed by atoms with van der Waals surface area (Å²) in [6.07, 6.45) is 0.587. The van der Waals surface area contributed by atoms with Crippen LogP contribution in [-0.4, -0.2) is 43.4 Å². The van der Waals surface area contributed by atoms with Crippen molar-refractivity contribution in [2.24, 2.45) is 5.41 Å². The molecule has 1 unspecified atom stereocenters. The van der Waals surface area contributed by atoms with Gasteiger partial charge in [-0.1, -0.05) is 13.8 Å². The average molecular weight is 345 g/mol. The molecular formula is C17H31NO6. The highest BCUT2D eigenvalue weighted by atomic mass is 16.6. The minimum Gasteiger partial charge on any atom is -0.466 e. The lowest BCUT2D eigenvalue weighted by Gasteiger charge is -2.25. The molecule has 7 nitrogen and oxygen atoms in total. The number of esters is 2. The molecule has 0 spiro atoms. The summed E-state index contributed by atoms with van der Waals surface area (Å²) in [6, 6.07) is 0. The smallest absolute Gasteiger partial charge is 0.407 e. The van der Waals surface area contributed by atoms with Crippen LogP contribution < -0.4 is 5.32 Å². The highest BCUT2D eigenvalue weighted by molar-refractivity contribution is 5.83. The minimum absolute atomic E-state index is 0.0116. The Bertz CT molecular complexity index is 429. The first-order valence-electron chi connectivity index (χ1n) is 8.33. The zero-order chi connectivity index (χ0) is 18.8. The molecule has 1 atom stereocenters. The molecule has 0 bridgehead atoms. The number of carbonyl (C=O) groups excluding carboxylic acids is 3. The van der Waals surface area contributed by atoms with Crippen molar-refractivity contribution >= 4 is 18.0 Å². The molecule has 0 aromatic heterocycles. The highest BCUT2D eigenvalue weighted by Gasteiger charge is 2.36. The third-order valence-corrected chi connectivity index (χ3v) is 3.28. The van der Waals surface area contributed by atoms with Gasteiger partial charge in [-0.25, -0.2) is 4.79 Å². The molecule has 0 radical (unpaired) electrons. The van der Waals surface area contributed by atoms with E-state index in [1.165, 1.54) is 0 Å². The first-order chi connectivity index (χ1) is 11.0. The Morgan fingerprint density at radius 2 is 1.58 bits per heavy atom. The van der Waals surface area contributed by atoms with Gasteiger partial charge in [-0.2, -0.15) is 0 Å². The van der Waals surface area contributed by atoms with Gasteiger partial charge in [0.15, 0.2) is 0 Å². The number of rotatable bonds is 9. The van der Waals surface area contributed by atoms with Gasteiger partial charge in [-0.05, 0) is 40.5 Å². The van der Waals surface area contributed by atoms with Crippen LogP contribution >= 0.6 is 0 Å². The zero-order valence-electron chi connectivity index (χ0n) is 15.7. The predicted molar refractivity (Wildman–Crippen MR) is 89.5 cm³/mol. The van der Waals surface area contributed by atoms with Crippen molar-refractivity contribution in [3.05, 3.63) is 0 Å². The predicted octanol–water partition coefficient (Wildman–Crippen LogP) is 2.81. The molecule has 0 aliphatic rings. The van der Waals surface area contributed by atoms with Crippen LogP contribution in [0.5, 0.6) is 0 Å². The van der Waals surface area contributed by atoms with E-state index in [0.717, 1.165) is 6.42 Å². The Labute approximate surface area is 144 Å². The number of hydrogen-bond acceptors (Lipinski definition) is 6. The Hall–Kier alpha value is -1.79. The van der Waals surface area contributed by atoms with Crippen LogP contribution in [0.3, 0.4) is 0 Å². The van der Waals surface area contributed by atoms with E-state index in [9.17, 15) is 14.4 Å². The van der Waals surface area contributed by atoms with Crippen molar-refractivity contribution in [2.75, 3.05) is 19.8 Å². The van der Waals surface area contributed by atoms with E-state index in [-0.39, 0.29) is 19.6 Å². The summed E-state index contributed by atoms with van der Waals surface area (Å²) in [5.74, 6) is -0.894. The van der Waals surface area contributed by atoms with E-state index in [4.69, 9.17) is 14.2 Å². The van der Waals surface area contributed by atoms with Gasteiger partial charge in [0.1, 0.15) is 12.2 Å². The fraction of sp³-hybridized carbons (Fsp3) is 0.824. The molecule has 24 heavy (non-hydrogen) atoms. The van der Waals surface area contributed by atoms with E-state index in [1.807, 2.05) is 13.8 Å². The SMILES string of the molecule is CCCOC(=O)CC(C)(CC)C(=O)OCCNC(=O)OC(C)(C)C. The molecule has 0 aromatic rings. The number of ether oxygens (including phenoxy) is 3. The second-order valence-corrected chi connectivity index (χ2v) is 6.88. The molecular weight excluding hydrogens is 314 g/mol. The summed E-state index contributed by atoms with van der Waals surface area (Å²) >= 11 is 0. The normalized spacial score (nSPS) is 13.6. The number of nitrogens with one attached hydrogen (secondary N) is 1. The van der Waals surface area contributed by atoms with Crippen molar-refractivity contribution in [3.63, 3.8) is 0 Å². The van der Waals surface area contributed by atoms with Crippen LogP contribution in [-0.2, 0) is 23.8 Å². The van der Waals surface area contributed by atoms with E-state index in [0.29, 0.717) is 13.0 Å². The number of hydrogen-bond donors (Lipinski definition) is 1. The van der Waals surface area contributed by atoms with Crippen molar-refractivity contribution < 1.29 is 28.6 Å². The van der Waals surface area contributed by atoms with Gasteiger partial charge in [-0.3, -0.25) is 9.59 Å². The number of alkyl carbamates (subject to hydrolysis) is 1. The molecule has 7 heteroatoms. The average Bonchev–Trinajstić information content (AvgIpc) is 2.47. The molecule has 0 fully saturated rings. The Morgan fingerprint density at radius 3 is 2.08 bits per heavy atom. The van der Waals surface area contributed by atoms with E-state index < -0.39 is 29.0 Å². The summed E-state index contributed by atoms with van der Waals surface area (Å²) in [5.41, 5.74) is -1.52. The molecule has 0 saturated heterocycles. The largest absolute Gasteiger partial charge is 0.466 e. The summed E-state index contributed by atoms with van der Waals surface area (Å²) in [7, 11) is 0. The molecule has 140 valence electrons. The van der Waals surface area contributed by atoms with Crippen molar-refractivity contribution in [3.8, 4) is 0 Å². The first-order valence-corrected chi connectivity index (χ1v) is 8.33. The van der Waals surface area contributed by atoms with Gasteiger partial charge in [0.25, 0.3) is 0 Å². The topological polar surface area (TPSA) is 90.9 Å². The molecule has 0 aliphatic heterocycles. The monoisotopic (exact) mass is 345 g/mol. The second-order valence-electron chi connectivity index (χ2n) is 6.88. The first kappa shape index (κ1) is 22.2. The van der Waals surface area contributed by atoms with Crippen molar-refractivity contribution in [2.45, 2.75) is 66.4 Å². The van der Waals surface area contributed by atoms with Crippen LogP contribution in [0, 0.1) is 5.41 Å². The van der Waals surface area contributed by atoms with Crippen LogP contribution in [0.4, 0.5) is 4.79 Å². The Balaban J connectivity index is 4.26. The Kier molecular flexibility index (Phi) is 9.40. The lowest BCUT2D eigenvalue weighted by Crippen LogP contribution is -2.37. The van der Waals surface area contributed by atoms with Crippen LogP contribution in [0.25, 0.3) is 0 Å². The van der Waals surface area contributed by atoms with Gasteiger partial charge in [0.2, 0.25) is 0 Å². The fourth-order valence-electron chi connectivity index (χ4n) is 1.71. The zero-order valence-corrected chi connectivity index (χ0v) is 15.7. The van der Waals surface area contributed by atoms with Crippen molar-refractivity contribution in [1.29, 1.82) is 0 Å². The van der Waals surface area contributed by atoms with Crippen LogP contribution in [0.15, 0.2) is 0 Å². The van der Waals surface area contributed by atoms with Gasteiger partial charge in [0.05, 0.1) is 25.0 Å². The van der Waals surface area contributed by atoms with Gasteiger partial charge in [0, 0.05) is 0 Å². The van der Waals surface area contributed by atoms with Gasteiger partial charge >= 0.3 is 18.0 Å². The van der Waals surface area contributed by atoms with Gasteiger partial charge in [-0.15, -0.1) is 0 Å². The molecule has 0 heterocycles. The third kappa shape index (κ3) is 9.37.